The van der Waals surface area contributed by atoms with Crippen molar-refractivity contribution < 1.29 is 9.59 Å². The highest BCUT2D eigenvalue weighted by molar-refractivity contribution is 6.36. The molecule has 0 saturated carbocycles. The average molecular weight is 404 g/mol. The number of nitrogens with zero attached hydrogens (tertiary/aromatic N) is 2. The van der Waals surface area contributed by atoms with Crippen LogP contribution in [0.25, 0.3) is 0 Å². The van der Waals surface area contributed by atoms with Crippen molar-refractivity contribution in [1.29, 1.82) is 0 Å². The maximum atomic E-state index is 12.5. The van der Waals surface area contributed by atoms with Crippen LogP contribution in [0.3, 0.4) is 0 Å². The van der Waals surface area contributed by atoms with Gasteiger partial charge in [-0.25, -0.2) is 0 Å². The summed E-state index contributed by atoms with van der Waals surface area (Å²) in [7, 11) is 0. The molecule has 2 amide bonds. The van der Waals surface area contributed by atoms with Gasteiger partial charge in [0, 0.05) is 31.5 Å². The molecule has 2 aromatic carbocycles. The Hall–Kier alpha value is -1.46. The third-order valence-corrected chi connectivity index (χ3v) is 4.38. The monoisotopic (exact) mass is 402 g/mol. The molecule has 1 aliphatic rings. The molecular weight excluding hydrogens is 394 g/mol. The molecule has 0 aromatic heterocycles. The van der Waals surface area contributed by atoms with Crippen LogP contribution in [0.4, 0.5) is 11.4 Å². The van der Waals surface area contributed by atoms with E-state index in [1.165, 1.54) is 9.80 Å². The van der Waals surface area contributed by atoms with Gasteiger partial charge in [-0.15, -0.1) is 0 Å². The number of hydrogen-bond acceptors (Lipinski definition) is 2. The molecule has 0 bridgehead atoms. The second kappa shape index (κ2) is 6.81. The smallest absolute Gasteiger partial charge is 0.247 e. The highest BCUT2D eigenvalue weighted by Crippen LogP contribution is 2.30. The van der Waals surface area contributed by atoms with Gasteiger partial charge >= 0.3 is 0 Å². The van der Waals surface area contributed by atoms with Gasteiger partial charge in [0.25, 0.3) is 0 Å². The highest BCUT2D eigenvalue weighted by atomic mass is 35.5. The lowest BCUT2D eigenvalue weighted by molar-refractivity contribution is -0.125. The topological polar surface area (TPSA) is 40.6 Å². The lowest BCUT2D eigenvalue weighted by Crippen LogP contribution is -2.54. The summed E-state index contributed by atoms with van der Waals surface area (Å²) in [4.78, 5) is 27.7. The van der Waals surface area contributed by atoms with E-state index in [0.29, 0.717) is 31.5 Å². The van der Waals surface area contributed by atoms with Gasteiger partial charge in [0.15, 0.2) is 0 Å². The number of carbonyl (C=O) groups excluding carboxylic acids is 2. The minimum absolute atomic E-state index is 0.125. The summed E-state index contributed by atoms with van der Waals surface area (Å²) in [5, 5.41) is 1.56. The third kappa shape index (κ3) is 3.62. The van der Waals surface area contributed by atoms with Gasteiger partial charge in [-0.05, 0) is 36.4 Å². The Labute approximate surface area is 158 Å². The molecule has 8 heteroatoms. The number of carbonyl (C=O) groups is 2. The minimum atomic E-state index is -0.260. The fraction of sp³-hybridized carbons (Fsp3) is 0.125. The van der Waals surface area contributed by atoms with E-state index in [1.54, 1.807) is 36.4 Å². The SMILES string of the molecule is O=C1CN(c2cc(Cl)cc(Cl)c2)C(=O)CN1c1cc(Cl)cc(Cl)c1. The summed E-state index contributed by atoms with van der Waals surface area (Å²) in [5.41, 5.74) is 0.962. The summed E-state index contributed by atoms with van der Waals surface area (Å²) < 4.78 is 0. The van der Waals surface area contributed by atoms with Gasteiger partial charge in [0.2, 0.25) is 11.8 Å². The van der Waals surface area contributed by atoms with E-state index in [2.05, 4.69) is 0 Å². The van der Waals surface area contributed by atoms with Crippen LogP contribution in [0.15, 0.2) is 36.4 Å². The largest absolute Gasteiger partial charge is 0.301 e. The lowest BCUT2D eigenvalue weighted by atomic mass is 10.2. The second-order valence-electron chi connectivity index (χ2n) is 5.22. The van der Waals surface area contributed by atoms with Crippen LogP contribution in [-0.4, -0.2) is 24.9 Å². The maximum absolute atomic E-state index is 12.5. The molecule has 1 fully saturated rings. The number of amides is 2. The van der Waals surface area contributed by atoms with Crippen LogP contribution < -0.4 is 9.80 Å². The summed E-state index contributed by atoms with van der Waals surface area (Å²) >= 11 is 23.9. The fourth-order valence-electron chi connectivity index (χ4n) is 2.48. The first-order valence-corrected chi connectivity index (χ1v) is 8.37. The van der Waals surface area contributed by atoms with Crippen molar-refractivity contribution >= 4 is 69.6 Å². The first-order valence-electron chi connectivity index (χ1n) is 6.86. The van der Waals surface area contributed by atoms with E-state index in [9.17, 15) is 9.59 Å². The highest BCUT2D eigenvalue weighted by Gasteiger charge is 2.32. The molecule has 0 spiro atoms. The first kappa shape index (κ1) is 17.4. The number of rotatable bonds is 2. The van der Waals surface area contributed by atoms with Crippen molar-refractivity contribution in [3.8, 4) is 0 Å². The Bertz CT molecular complexity index is 731. The summed E-state index contributed by atoms with van der Waals surface area (Å²) in [6.45, 7) is -0.251. The molecule has 0 atom stereocenters. The van der Waals surface area contributed by atoms with Crippen LogP contribution in [0.1, 0.15) is 0 Å². The molecule has 3 rings (SSSR count). The number of hydrogen-bond donors (Lipinski definition) is 0. The molecule has 4 nitrogen and oxygen atoms in total. The molecule has 0 N–H and O–H groups in total. The quantitative estimate of drug-likeness (QED) is 0.730. The van der Waals surface area contributed by atoms with Gasteiger partial charge in [-0.3, -0.25) is 9.59 Å². The number of anilines is 2. The van der Waals surface area contributed by atoms with Crippen molar-refractivity contribution in [2.45, 2.75) is 0 Å². The lowest BCUT2D eigenvalue weighted by Gasteiger charge is -2.34. The summed E-state index contributed by atoms with van der Waals surface area (Å²) in [5.74, 6) is -0.520. The molecule has 1 aliphatic heterocycles. The predicted molar refractivity (Wildman–Crippen MR) is 97.6 cm³/mol. The number of benzene rings is 2. The van der Waals surface area contributed by atoms with Crippen LogP contribution in [0.5, 0.6) is 0 Å². The van der Waals surface area contributed by atoms with E-state index in [1.807, 2.05) is 0 Å². The molecule has 0 unspecified atom stereocenters. The Kier molecular flexibility index (Phi) is 4.92. The van der Waals surface area contributed by atoms with Gasteiger partial charge < -0.3 is 9.80 Å². The molecule has 24 heavy (non-hydrogen) atoms. The molecule has 124 valence electrons. The fourth-order valence-corrected chi connectivity index (χ4v) is 3.51. The van der Waals surface area contributed by atoms with Crippen LogP contribution in [0, 0.1) is 0 Å². The van der Waals surface area contributed by atoms with E-state index >= 15 is 0 Å². The van der Waals surface area contributed by atoms with Gasteiger partial charge in [-0.1, -0.05) is 46.4 Å². The second-order valence-corrected chi connectivity index (χ2v) is 6.96. The molecule has 0 aliphatic carbocycles. The van der Waals surface area contributed by atoms with Crippen LogP contribution >= 0.6 is 46.4 Å². The maximum Gasteiger partial charge on any atom is 0.247 e. The molecular formula is C16H10Cl4N2O2. The third-order valence-electron chi connectivity index (χ3n) is 3.51. The van der Waals surface area contributed by atoms with Crippen molar-refractivity contribution in [3.63, 3.8) is 0 Å². The van der Waals surface area contributed by atoms with E-state index < -0.39 is 0 Å². The van der Waals surface area contributed by atoms with Crippen LogP contribution in [-0.2, 0) is 9.59 Å². The Morgan fingerprint density at radius 1 is 0.583 bits per heavy atom. The van der Waals surface area contributed by atoms with Gasteiger partial charge in [-0.2, -0.15) is 0 Å². The van der Waals surface area contributed by atoms with Gasteiger partial charge in [0.1, 0.15) is 13.1 Å². The van der Waals surface area contributed by atoms with Crippen molar-refractivity contribution in [1.82, 2.24) is 0 Å². The Morgan fingerprint density at radius 3 is 1.17 bits per heavy atom. The van der Waals surface area contributed by atoms with Crippen molar-refractivity contribution in [2.75, 3.05) is 22.9 Å². The average Bonchev–Trinajstić information content (AvgIpc) is 2.47. The summed E-state index contributed by atoms with van der Waals surface area (Å²) in [6, 6.07) is 9.47. The number of piperazine rings is 1. The van der Waals surface area contributed by atoms with Crippen LogP contribution in [0.2, 0.25) is 20.1 Å². The minimum Gasteiger partial charge on any atom is -0.301 e. The van der Waals surface area contributed by atoms with Gasteiger partial charge in [0.05, 0.1) is 0 Å². The zero-order valence-corrected chi connectivity index (χ0v) is 15.1. The van der Waals surface area contributed by atoms with E-state index in [-0.39, 0.29) is 24.9 Å². The molecule has 2 aromatic rings. The molecule has 1 saturated heterocycles. The van der Waals surface area contributed by atoms with Crippen molar-refractivity contribution in [2.24, 2.45) is 0 Å². The molecule has 1 heterocycles. The van der Waals surface area contributed by atoms with E-state index in [0.717, 1.165) is 0 Å². The Morgan fingerprint density at radius 2 is 0.875 bits per heavy atom. The Balaban J connectivity index is 1.89. The standard InChI is InChI=1S/C16H10Cl4N2O2/c17-9-1-10(18)4-13(3-9)21-7-16(24)22(8-15(21)23)14-5-11(19)2-12(20)6-14/h1-6H,7-8H2. The van der Waals surface area contributed by atoms with Crippen molar-refractivity contribution in [3.05, 3.63) is 56.5 Å². The summed E-state index contributed by atoms with van der Waals surface area (Å²) in [6.07, 6.45) is 0. The predicted octanol–water partition coefficient (Wildman–Crippen LogP) is 4.68. The molecule has 0 radical (unpaired) electrons. The normalized spacial score (nSPS) is 15.2. The zero-order chi connectivity index (χ0) is 17.4. The first-order chi connectivity index (χ1) is 11.3. The van der Waals surface area contributed by atoms with E-state index in [4.69, 9.17) is 46.4 Å². The number of halogens is 4. The zero-order valence-electron chi connectivity index (χ0n) is 12.1.